The summed E-state index contributed by atoms with van der Waals surface area (Å²) >= 11 is 0. The molecule has 0 aliphatic heterocycles. The van der Waals surface area contributed by atoms with Gasteiger partial charge in [0.2, 0.25) is 0 Å². The molecule has 1 aromatic rings. The van der Waals surface area contributed by atoms with E-state index < -0.39 is 8.07 Å². The fourth-order valence-corrected chi connectivity index (χ4v) is 9.19. The Morgan fingerprint density at radius 2 is 1.88 bits per heavy atom. The number of rotatable bonds is 5. The minimum Gasteiger partial charge on any atom is -0.497 e. The Balaban J connectivity index is 2.68. The Labute approximate surface area is 110 Å². The van der Waals surface area contributed by atoms with Crippen molar-refractivity contribution in [3.63, 3.8) is 0 Å². The van der Waals surface area contributed by atoms with Crippen molar-refractivity contribution in [1.82, 2.24) is 0 Å². The highest BCUT2D eigenvalue weighted by Gasteiger charge is 2.25. The molecular formula is C14H25OSSi+. The van der Waals surface area contributed by atoms with Crippen LogP contribution in [0.15, 0.2) is 18.2 Å². The van der Waals surface area contributed by atoms with Crippen molar-refractivity contribution in [2.75, 3.05) is 18.7 Å². The number of methoxy groups -OCH3 is 1. The summed E-state index contributed by atoms with van der Waals surface area (Å²) in [4.78, 5) is 0. The van der Waals surface area contributed by atoms with Crippen LogP contribution in [0.25, 0.3) is 0 Å². The molecule has 0 amide bonds. The summed E-state index contributed by atoms with van der Waals surface area (Å²) in [6.45, 7) is 9.55. The molecule has 1 rings (SSSR count). The van der Waals surface area contributed by atoms with Crippen molar-refractivity contribution in [2.45, 2.75) is 32.3 Å². The highest BCUT2D eigenvalue weighted by Crippen LogP contribution is 2.20. The molecule has 1 unspecified atom stereocenters. The van der Waals surface area contributed by atoms with Gasteiger partial charge >= 0.3 is 0 Å². The molecule has 1 aromatic carbocycles. The number of ether oxygens (including phenoxy) is 1. The first-order valence-corrected chi connectivity index (χ1v) is 11.7. The van der Waals surface area contributed by atoms with Crippen LogP contribution in [0.4, 0.5) is 0 Å². The van der Waals surface area contributed by atoms with Gasteiger partial charge in [0.05, 0.1) is 18.7 Å². The minimum absolute atomic E-state index is 0.512. The maximum absolute atomic E-state index is 5.24. The second-order valence-electron chi connectivity index (χ2n) is 5.92. The van der Waals surface area contributed by atoms with Crippen LogP contribution < -0.4 is 4.74 Å². The van der Waals surface area contributed by atoms with Crippen LogP contribution in [0, 0.1) is 6.92 Å². The molecule has 17 heavy (non-hydrogen) atoms. The van der Waals surface area contributed by atoms with E-state index in [0.717, 1.165) is 5.75 Å². The van der Waals surface area contributed by atoms with Crippen molar-refractivity contribution in [3.8, 4) is 5.75 Å². The third-order valence-corrected chi connectivity index (χ3v) is 8.87. The summed E-state index contributed by atoms with van der Waals surface area (Å²) in [5.41, 5.74) is 2.84. The van der Waals surface area contributed by atoms with E-state index >= 15 is 0 Å². The summed E-state index contributed by atoms with van der Waals surface area (Å²) in [6, 6.07) is 6.44. The molecule has 0 aromatic heterocycles. The van der Waals surface area contributed by atoms with Gasteiger partial charge in [-0.2, -0.15) is 0 Å². The maximum Gasteiger partial charge on any atom is 0.132 e. The van der Waals surface area contributed by atoms with Crippen LogP contribution in [-0.4, -0.2) is 26.8 Å². The highest BCUT2D eigenvalue weighted by atomic mass is 32.2. The van der Waals surface area contributed by atoms with Gasteiger partial charge in [-0.1, -0.05) is 25.7 Å². The highest BCUT2D eigenvalue weighted by molar-refractivity contribution is 7.97. The number of hydrogen-bond donors (Lipinski definition) is 0. The Kier molecular flexibility index (Phi) is 5.14. The van der Waals surface area contributed by atoms with Crippen LogP contribution in [0.1, 0.15) is 11.1 Å². The summed E-state index contributed by atoms with van der Waals surface area (Å²) in [7, 11) is 1.32. The Morgan fingerprint density at radius 3 is 2.35 bits per heavy atom. The zero-order chi connectivity index (χ0) is 13.1. The van der Waals surface area contributed by atoms with Gasteiger partial charge in [-0.25, -0.2) is 0 Å². The van der Waals surface area contributed by atoms with Crippen LogP contribution in [0.5, 0.6) is 5.75 Å². The quantitative estimate of drug-likeness (QED) is 0.586. The maximum atomic E-state index is 5.24. The normalized spacial score (nSPS) is 13.5. The summed E-state index contributed by atoms with van der Waals surface area (Å²) in [5.74, 6) is 2.19. The molecule has 0 aliphatic carbocycles. The van der Waals surface area contributed by atoms with E-state index in [1.165, 1.54) is 22.3 Å². The molecule has 1 atom stereocenters. The number of aryl methyl sites for hydroxylation is 1. The van der Waals surface area contributed by atoms with Crippen molar-refractivity contribution in [3.05, 3.63) is 29.3 Å². The molecule has 96 valence electrons. The molecule has 0 fully saturated rings. The van der Waals surface area contributed by atoms with Gasteiger partial charge in [0.1, 0.15) is 19.6 Å². The van der Waals surface area contributed by atoms with Gasteiger partial charge in [-0.15, -0.1) is 0 Å². The van der Waals surface area contributed by atoms with E-state index in [-0.39, 0.29) is 0 Å². The van der Waals surface area contributed by atoms with Crippen LogP contribution >= 0.6 is 0 Å². The first kappa shape index (κ1) is 14.6. The third kappa shape index (κ3) is 5.17. The zero-order valence-corrected chi connectivity index (χ0v) is 13.8. The Morgan fingerprint density at radius 1 is 1.24 bits per heavy atom. The van der Waals surface area contributed by atoms with Gasteiger partial charge in [-0.3, -0.25) is 0 Å². The average molecular weight is 270 g/mol. The van der Waals surface area contributed by atoms with Gasteiger partial charge in [-0.05, 0) is 35.5 Å². The topological polar surface area (TPSA) is 9.23 Å². The molecule has 0 bridgehead atoms. The Bertz CT molecular complexity index is 371. The smallest absolute Gasteiger partial charge is 0.132 e. The van der Waals surface area contributed by atoms with E-state index in [0.29, 0.717) is 10.9 Å². The monoisotopic (exact) mass is 269 g/mol. The third-order valence-electron chi connectivity index (χ3n) is 2.63. The van der Waals surface area contributed by atoms with Crippen molar-refractivity contribution in [1.29, 1.82) is 0 Å². The Hall–Kier alpha value is -0.413. The van der Waals surface area contributed by atoms with E-state index in [1.807, 2.05) is 0 Å². The van der Waals surface area contributed by atoms with E-state index in [9.17, 15) is 0 Å². The first-order chi connectivity index (χ1) is 7.81. The molecule has 3 heteroatoms. The summed E-state index contributed by atoms with van der Waals surface area (Å²) in [5, 5.41) is 1.43. The van der Waals surface area contributed by atoms with Crippen LogP contribution in [-0.2, 0) is 16.6 Å². The van der Waals surface area contributed by atoms with Crippen LogP contribution in [0.2, 0.25) is 19.6 Å². The van der Waals surface area contributed by atoms with Gasteiger partial charge in [0, 0.05) is 5.56 Å². The average Bonchev–Trinajstić information content (AvgIpc) is 2.18. The van der Waals surface area contributed by atoms with Crippen molar-refractivity contribution < 1.29 is 4.74 Å². The lowest BCUT2D eigenvalue weighted by molar-refractivity contribution is 0.414. The predicted octanol–water partition coefficient (Wildman–Crippen LogP) is 3.63. The van der Waals surface area contributed by atoms with Crippen molar-refractivity contribution >= 4 is 19.0 Å². The molecule has 0 radical (unpaired) electrons. The molecule has 0 aliphatic rings. The van der Waals surface area contributed by atoms with Gasteiger partial charge < -0.3 is 4.74 Å². The predicted molar refractivity (Wildman–Crippen MR) is 82.9 cm³/mol. The fourth-order valence-electron chi connectivity index (χ4n) is 2.01. The van der Waals surface area contributed by atoms with Gasteiger partial charge in [0.15, 0.2) is 0 Å². The summed E-state index contributed by atoms with van der Waals surface area (Å²) < 4.78 is 5.24. The minimum atomic E-state index is -0.922. The molecule has 0 spiro atoms. The zero-order valence-electron chi connectivity index (χ0n) is 12.0. The lowest BCUT2D eigenvalue weighted by atomic mass is 10.1. The number of benzene rings is 1. The molecule has 0 heterocycles. The standard InChI is InChI=1S/C14H25OSSi/c1-12-9-14(15-2)8-7-13(12)10-16(3)11-17(4,5)6/h7-9H,10-11H2,1-6H3/q+1. The number of hydrogen-bond acceptors (Lipinski definition) is 1. The molecule has 0 N–H and O–H groups in total. The van der Waals surface area contributed by atoms with Gasteiger partial charge in [0.25, 0.3) is 0 Å². The molecule has 0 saturated carbocycles. The second-order valence-corrected chi connectivity index (χ2v) is 14.1. The second kappa shape index (κ2) is 5.96. The SMILES string of the molecule is COc1ccc(C[S+](C)C[Si](C)(C)C)c(C)c1. The lowest BCUT2D eigenvalue weighted by Gasteiger charge is -2.15. The molecular weight excluding hydrogens is 244 g/mol. The van der Waals surface area contributed by atoms with Crippen LogP contribution in [0.3, 0.4) is 0 Å². The van der Waals surface area contributed by atoms with E-state index in [1.54, 1.807) is 7.11 Å². The van der Waals surface area contributed by atoms with Crippen molar-refractivity contribution in [2.24, 2.45) is 0 Å². The molecule has 1 nitrogen and oxygen atoms in total. The fraction of sp³-hybridized carbons (Fsp3) is 0.571. The lowest BCUT2D eigenvalue weighted by Crippen LogP contribution is -2.32. The van der Waals surface area contributed by atoms with E-state index in [4.69, 9.17) is 4.74 Å². The first-order valence-electron chi connectivity index (χ1n) is 6.04. The van der Waals surface area contributed by atoms with E-state index in [2.05, 4.69) is 51.0 Å². The largest absolute Gasteiger partial charge is 0.497 e. The molecule has 0 saturated heterocycles. The summed E-state index contributed by atoms with van der Waals surface area (Å²) in [6.07, 6.45) is 2.40.